The molecule has 92 valence electrons. The number of fused-ring (bicyclic) bond motifs is 1. The van der Waals surface area contributed by atoms with Crippen molar-refractivity contribution in [3.8, 4) is 0 Å². The number of anilines is 2. The van der Waals surface area contributed by atoms with Gasteiger partial charge in [0.15, 0.2) is 0 Å². The first-order valence-electron chi connectivity index (χ1n) is 5.40. The molecule has 0 saturated heterocycles. The van der Waals surface area contributed by atoms with Crippen molar-refractivity contribution < 1.29 is 5.11 Å². The van der Waals surface area contributed by atoms with E-state index < -0.39 is 0 Å². The molecule has 0 aliphatic heterocycles. The lowest BCUT2D eigenvalue weighted by molar-refractivity contribution is 0.311. The van der Waals surface area contributed by atoms with Crippen molar-refractivity contribution in [2.45, 2.75) is 13.3 Å². The summed E-state index contributed by atoms with van der Waals surface area (Å²) in [6.07, 6.45) is 0.964. The van der Waals surface area contributed by atoms with E-state index in [1.165, 1.54) is 4.88 Å². The summed E-state index contributed by atoms with van der Waals surface area (Å²) in [6.45, 7) is 2.61. The number of rotatable bonds is 5. The Balaban J connectivity index is 2.48. The third-order valence-corrected chi connectivity index (χ3v) is 3.50. The van der Waals surface area contributed by atoms with Crippen LogP contribution in [0.2, 0.25) is 0 Å². The monoisotopic (exact) mass is 253 g/mol. The smallest absolute Gasteiger partial charge is 0.240 e. The Morgan fingerprint density at radius 1 is 1.47 bits per heavy atom. The molecule has 0 aromatic carbocycles. The Bertz CT molecular complexity index is 513. The molecule has 7 heteroatoms. The van der Waals surface area contributed by atoms with Crippen LogP contribution in [0.25, 0.3) is 10.2 Å². The van der Waals surface area contributed by atoms with Crippen molar-refractivity contribution >= 4 is 33.3 Å². The second-order valence-electron chi connectivity index (χ2n) is 3.48. The molecule has 2 aromatic rings. The van der Waals surface area contributed by atoms with Crippen molar-refractivity contribution in [1.29, 1.82) is 0 Å². The largest absolute Gasteiger partial charge is 0.395 e. The number of aromatic nitrogens is 2. The molecule has 0 atom stereocenters. The van der Waals surface area contributed by atoms with Gasteiger partial charge in [0.1, 0.15) is 10.6 Å². The van der Waals surface area contributed by atoms with E-state index in [9.17, 15) is 0 Å². The Labute approximate surface area is 103 Å². The van der Waals surface area contributed by atoms with Crippen molar-refractivity contribution in [3.63, 3.8) is 0 Å². The van der Waals surface area contributed by atoms with E-state index in [1.54, 1.807) is 11.3 Å². The predicted octanol–water partition coefficient (Wildman–Crippen LogP) is 0.943. The third kappa shape index (κ3) is 2.46. The van der Waals surface area contributed by atoms with Crippen LogP contribution in [0.3, 0.4) is 0 Å². The number of hydrogen-bond acceptors (Lipinski definition) is 7. The zero-order chi connectivity index (χ0) is 12.3. The van der Waals surface area contributed by atoms with Gasteiger partial charge in [-0.25, -0.2) is 10.8 Å². The standard InChI is InChI=1S/C10H15N5OS/c1-2-6-5-7-8(12-3-4-16)13-10(15-11)14-9(7)17-6/h5,16H,2-4,11H2,1H3,(H2,12,13,14,15). The first-order valence-corrected chi connectivity index (χ1v) is 6.22. The maximum Gasteiger partial charge on any atom is 0.240 e. The van der Waals surface area contributed by atoms with Gasteiger partial charge in [0.2, 0.25) is 5.95 Å². The summed E-state index contributed by atoms with van der Waals surface area (Å²) in [4.78, 5) is 10.7. The van der Waals surface area contributed by atoms with Gasteiger partial charge in [0.25, 0.3) is 0 Å². The highest BCUT2D eigenvalue weighted by Crippen LogP contribution is 2.30. The van der Waals surface area contributed by atoms with Crippen LogP contribution in [-0.4, -0.2) is 28.2 Å². The number of aliphatic hydroxyl groups is 1. The molecule has 2 heterocycles. The minimum atomic E-state index is 0.0572. The molecule has 0 unspecified atom stereocenters. The van der Waals surface area contributed by atoms with Gasteiger partial charge in [0.05, 0.1) is 12.0 Å². The molecule has 2 aromatic heterocycles. The van der Waals surface area contributed by atoms with E-state index >= 15 is 0 Å². The molecular weight excluding hydrogens is 238 g/mol. The molecule has 5 N–H and O–H groups in total. The molecule has 2 rings (SSSR count). The third-order valence-electron chi connectivity index (χ3n) is 2.33. The SMILES string of the molecule is CCc1cc2c(NCCO)nc(NN)nc2s1. The number of nitrogens with one attached hydrogen (secondary N) is 2. The number of thiophene rings is 1. The molecule has 0 radical (unpaired) electrons. The van der Waals surface area contributed by atoms with E-state index in [0.717, 1.165) is 16.6 Å². The van der Waals surface area contributed by atoms with Crippen LogP contribution in [0.4, 0.5) is 11.8 Å². The summed E-state index contributed by atoms with van der Waals surface area (Å²) in [5.41, 5.74) is 2.45. The molecular formula is C10H15N5OS. The highest BCUT2D eigenvalue weighted by atomic mass is 32.1. The molecule has 17 heavy (non-hydrogen) atoms. The number of hydrazine groups is 1. The van der Waals surface area contributed by atoms with Crippen LogP contribution >= 0.6 is 11.3 Å². The van der Waals surface area contributed by atoms with Crippen LogP contribution in [-0.2, 0) is 6.42 Å². The maximum atomic E-state index is 8.83. The lowest BCUT2D eigenvalue weighted by atomic mass is 10.3. The first kappa shape index (κ1) is 12.0. The van der Waals surface area contributed by atoms with Gasteiger partial charge in [-0.2, -0.15) is 4.98 Å². The molecule has 0 aliphatic rings. The molecule has 0 amide bonds. The zero-order valence-corrected chi connectivity index (χ0v) is 10.3. The lowest BCUT2D eigenvalue weighted by Crippen LogP contribution is -2.13. The summed E-state index contributed by atoms with van der Waals surface area (Å²) in [6, 6.07) is 2.07. The number of nitrogen functional groups attached to an aromatic ring is 1. The highest BCUT2D eigenvalue weighted by Gasteiger charge is 2.10. The normalized spacial score (nSPS) is 10.8. The minimum Gasteiger partial charge on any atom is -0.395 e. The van der Waals surface area contributed by atoms with E-state index in [4.69, 9.17) is 10.9 Å². The predicted molar refractivity (Wildman–Crippen MR) is 70.2 cm³/mol. The van der Waals surface area contributed by atoms with Gasteiger partial charge in [-0.3, -0.25) is 5.43 Å². The van der Waals surface area contributed by atoms with E-state index in [0.29, 0.717) is 18.3 Å². The van der Waals surface area contributed by atoms with Crippen molar-refractivity contribution in [1.82, 2.24) is 9.97 Å². The van der Waals surface area contributed by atoms with Gasteiger partial charge < -0.3 is 10.4 Å². The van der Waals surface area contributed by atoms with E-state index in [1.807, 2.05) is 0 Å². The van der Waals surface area contributed by atoms with Crippen molar-refractivity contribution in [2.75, 3.05) is 23.9 Å². The van der Waals surface area contributed by atoms with Crippen LogP contribution in [0.5, 0.6) is 0 Å². The van der Waals surface area contributed by atoms with Crippen LogP contribution in [0.1, 0.15) is 11.8 Å². The Kier molecular flexibility index (Phi) is 3.72. The molecule has 0 aliphatic carbocycles. The number of hydrogen-bond donors (Lipinski definition) is 4. The summed E-state index contributed by atoms with van der Waals surface area (Å²) < 4.78 is 0. The van der Waals surface area contributed by atoms with Gasteiger partial charge in [-0.05, 0) is 12.5 Å². The Hall–Kier alpha value is -1.44. The number of aliphatic hydroxyl groups excluding tert-OH is 1. The van der Waals surface area contributed by atoms with Gasteiger partial charge in [-0.1, -0.05) is 6.92 Å². The van der Waals surface area contributed by atoms with Crippen LogP contribution in [0.15, 0.2) is 6.07 Å². The lowest BCUT2D eigenvalue weighted by Gasteiger charge is -2.06. The fraction of sp³-hybridized carbons (Fsp3) is 0.400. The van der Waals surface area contributed by atoms with E-state index in [-0.39, 0.29) is 6.61 Å². The maximum absolute atomic E-state index is 8.83. The quantitative estimate of drug-likeness (QED) is 0.468. The topological polar surface area (TPSA) is 96.1 Å². The molecule has 6 nitrogen and oxygen atoms in total. The first-order chi connectivity index (χ1) is 8.28. The van der Waals surface area contributed by atoms with Gasteiger partial charge in [-0.15, -0.1) is 11.3 Å². The number of nitrogens with two attached hydrogens (primary N) is 1. The van der Waals surface area contributed by atoms with Gasteiger partial charge in [0, 0.05) is 11.4 Å². The van der Waals surface area contributed by atoms with Crippen molar-refractivity contribution in [2.24, 2.45) is 5.84 Å². The van der Waals surface area contributed by atoms with E-state index in [2.05, 4.69) is 33.7 Å². The van der Waals surface area contributed by atoms with Crippen molar-refractivity contribution in [3.05, 3.63) is 10.9 Å². The zero-order valence-electron chi connectivity index (χ0n) is 9.53. The summed E-state index contributed by atoms with van der Waals surface area (Å²) >= 11 is 1.63. The Morgan fingerprint density at radius 3 is 2.94 bits per heavy atom. The van der Waals surface area contributed by atoms with Crippen LogP contribution < -0.4 is 16.6 Å². The van der Waals surface area contributed by atoms with Gasteiger partial charge >= 0.3 is 0 Å². The molecule has 0 fully saturated rings. The second kappa shape index (κ2) is 5.26. The average Bonchev–Trinajstić information content (AvgIpc) is 2.78. The highest BCUT2D eigenvalue weighted by molar-refractivity contribution is 7.18. The molecule has 0 saturated carbocycles. The molecule has 0 bridgehead atoms. The molecule has 0 spiro atoms. The minimum absolute atomic E-state index is 0.0572. The Morgan fingerprint density at radius 2 is 2.29 bits per heavy atom. The second-order valence-corrected chi connectivity index (χ2v) is 4.59. The summed E-state index contributed by atoms with van der Waals surface area (Å²) in [7, 11) is 0. The average molecular weight is 253 g/mol. The summed E-state index contributed by atoms with van der Waals surface area (Å²) in [5.74, 6) is 6.41. The fourth-order valence-electron chi connectivity index (χ4n) is 1.52. The van der Waals surface area contributed by atoms with Crippen LogP contribution in [0, 0.1) is 0 Å². The number of nitrogens with zero attached hydrogens (tertiary/aromatic N) is 2. The fourth-order valence-corrected chi connectivity index (χ4v) is 2.49. The number of aryl methyl sites for hydroxylation is 1. The summed E-state index contributed by atoms with van der Waals surface area (Å²) in [5, 5.41) is 12.9.